The number of nitrogens with zero attached hydrogens (tertiary/aromatic N) is 3. The summed E-state index contributed by atoms with van der Waals surface area (Å²) in [5, 5.41) is 11.9. The number of halogens is 1. The van der Waals surface area contributed by atoms with E-state index in [1.807, 2.05) is 23.6 Å². The minimum atomic E-state index is -1.12. The average molecular weight is 496 g/mol. The number of carboxylic acid groups (broad SMARTS) is 1. The van der Waals surface area contributed by atoms with Crippen LogP contribution in [0.25, 0.3) is 10.9 Å². The molecule has 0 spiro atoms. The molecule has 35 heavy (non-hydrogen) atoms. The van der Waals surface area contributed by atoms with Crippen molar-refractivity contribution in [3.63, 3.8) is 0 Å². The maximum Gasteiger partial charge on any atom is 0.303 e. The Hall–Kier alpha value is -3.02. The van der Waals surface area contributed by atoms with Crippen molar-refractivity contribution < 1.29 is 19.0 Å². The molecular weight excluding hydrogens is 465 g/mol. The van der Waals surface area contributed by atoms with Gasteiger partial charge >= 0.3 is 5.97 Å². The minimum absolute atomic E-state index is 0.132. The summed E-state index contributed by atoms with van der Waals surface area (Å²) in [7, 11) is 1.60. The summed E-state index contributed by atoms with van der Waals surface area (Å²) in [5.41, 5.74) is 3.92. The number of rotatable bonds is 9. The monoisotopic (exact) mass is 495 g/mol. The van der Waals surface area contributed by atoms with Crippen LogP contribution in [-0.4, -0.2) is 52.7 Å². The van der Waals surface area contributed by atoms with Crippen molar-refractivity contribution in [2.24, 2.45) is 11.8 Å². The number of likely N-dealkylation sites (tertiary alicyclic amines) is 1. The first-order chi connectivity index (χ1) is 17.0. The molecule has 1 aliphatic rings. The standard InChI is InChI=1S/C27H30FN3O3S/c1-34-22-6-8-26-24(15-22)23(10-12-29-26)25(28)7-4-19-11-14-31(16-20(19)5-9-27(32)33)13-2-3-21-17-35-18-30-21/h6,8,10,12,15,17-20,25H,4-5,7,9,11,13-14,16H2,1H3,(H,32,33)/t19-,20+,25?/m1/s1. The van der Waals surface area contributed by atoms with Gasteiger partial charge in [0.1, 0.15) is 17.6 Å². The van der Waals surface area contributed by atoms with E-state index >= 15 is 4.39 Å². The molecule has 0 bridgehead atoms. The van der Waals surface area contributed by atoms with Crippen molar-refractivity contribution in [3.8, 4) is 17.6 Å². The van der Waals surface area contributed by atoms with Crippen LogP contribution in [0, 0.1) is 23.7 Å². The number of ether oxygens (including phenoxy) is 1. The lowest BCUT2D eigenvalue weighted by molar-refractivity contribution is -0.137. The first-order valence-corrected chi connectivity index (χ1v) is 12.9. The van der Waals surface area contributed by atoms with Crippen LogP contribution in [0.4, 0.5) is 4.39 Å². The molecule has 6 nitrogen and oxygen atoms in total. The highest BCUT2D eigenvalue weighted by atomic mass is 32.1. The predicted molar refractivity (Wildman–Crippen MR) is 135 cm³/mol. The molecule has 1 N–H and O–H groups in total. The van der Waals surface area contributed by atoms with Crippen LogP contribution in [0.3, 0.4) is 0 Å². The van der Waals surface area contributed by atoms with Crippen molar-refractivity contribution in [1.29, 1.82) is 0 Å². The highest BCUT2D eigenvalue weighted by Gasteiger charge is 2.30. The highest BCUT2D eigenvalue weighted by molar-refractivity contribution is 7.07. The lowest BCUT2D eigenvalue weighted by Gasteiger charge is -2.38. The number of hydrogen-bond donors (Lipinski definition) is 1. The molecule has 3 heterocycles. The van der Waals surface area contributed by atoms with Gasteiger partial charge in [0.2, 0.25) is 0 Å². The first-order valence-electron chi connectivity index (χ1n) is 11.9. The minimum Gasteiger partial charge on any atom is -0.497 e. The Kier molecular flexibility index (Phi) is 8.67. The molecular formula is C27H30FN3O3S. The van der Waals surface area contributed by atoms with Gasteiger partial charge in [-0.25, -0.2) is 9.37 Å². The number of thiazole rings is 1. The maximum atomic E-state index is 15.5. The van der Waals surface area contributed by atoms with Crippen LogP contribution in [0.15, 0.2) is 41.4 Å². The number of alkyl halides is 1. The fourth-order valence-electron chi connectivity index (χ4n) is 4.89. The fraction of sp³-hybridized carbons (Fsp3) is 0.444. The first kappa shape index (κ1) is 25.1. The number of methoxy groups -OCH3 is 1. The molecule has 8 heteroatoms. The third-order valence-corrected chi connectivity index (χ3v) is 7.35. The van der Waals surface area contributed by atoms with Gasteiger partial charge in [-0.15, -0.1) is 11.3 Å². The van der Waals surface area contributed by atoms with Crippen LogP contribution < -0.4 is 4.74 Å². The zero-order chi connectivity index (χ0) is 24.6. The Morgan fingerprint density at radius 3 is 2.97 bits per heavy atom. The van der Waals surface area contributed by atoms with Crippen molar-refractivity contribution >= 4 is 28.2 Å². The normalized spacial score (nSPS) is 19.1. The molecule has 1 fully saturated rings. The molecule has 4 rings (SSSR count). The fourth-order valence-corrected chi connectivity index (χ4v) is 5.38. The van der Waals surface area contributed by atoms with Crippen LogP contribution in [0.2, 0.25) is 0 Å². The molecule has 0 aliphatic carbocycles. The Labute approximate surface area is 209 Å². The van der Waals surface area contributed by atoms with Gasteiger partial charge in [0.15, 0.2) is 0 Å². The summed E-state index contributed by atoms with van der Waals surface area (Å²) in [6.07, 6.45) is 3.30. The maximum absolute atomic E-state index is 15.5. The van der Waals surface area contributed by atoms with Gasteiger partial charge in [-0.1, -0.05) is 5.92 Å². The molecule has 2 aromatic heterocycles. The summed E-state index contributed by atoms with van der Waals surface area (Å²) in [4.78, 5) is 22.1. The van der Waals surface area contributed by atoms with E-state index < -0.39 is 12.1 Å². The topological polar surface area (TPSA) is 75.5 Å². The second-order valence-electron chi connectivity index (χ2n) is 8.98. The van der Waals surface area contributed by atoms with Gasteiger partial charge in [-0.2, -0.15) is 0 Å². The Bertz CT molecular complexity index is 1190. The zero-order valence-electron chi connectivity index (χ0n) is 19.8. The van der Waals surface area contributed by atoms with E-state index in [1.54, 1.807) is 24.9 Å². The van der Waals surface area contributed by atoms with Gasteiger partial charge in [-0.05, 0) is 79.8 Å². The zero-order valence-corrected chi connectivity index (χ0v) is 20.6. The lowest BCUT2D eigenvalue weighted by atomic mass is 9.79. The van der Waals surface area contributed by atoms with E-state index in [0.29, 0.717) is 30.7 Å². The molecule has 3 atom stereocenters. The van der Waals surface area contributed by atoms with Crippen LogP contribution in [-0.2, 0) is 4.79 Å². The second-order valence-corrected chi connectivity index (χ2v) is 9.70. The van der Waals surface area contributed by atoms with Crippen molar-refractivity contribution in [2.75, 3.05) is 26.7 Å². The number of aromatic nitrogens is 2. The third-order valence-electron chi connectivity index (χ3n) is 6.77. The van der Waals surface area contributed by atoms with Crippen LogP contribution >= 0.6 is 11.3 Å². The number of piperidine rings is 1. The van der Waals surface area contributed by atoms with Crippen LogP contribution in [0.5, 0.6) is 5.75 Å². The van der Waals surface area contributed by atoms with Crippen molar-refractivity contribution in [1.82, 2.24) is 14.9 Å². The number of carboxylic acids is 1. The second kappa shape index (κ2) is 12.1. The molecule has 1 saturated heterocycles. The molecule has 3 aromatic rings. The van der Waals surface area contributed by atoms with E-state index in [0.717, 1.165) is 42.5 Å². The molecule has 1 aliphatic heterocycles. The Morgan fingerprint density at radius 1 is 1.31 bits per heavy atom. The largest absolute Gasteiger partial charge is 0.497 e. The van der Waals surface area contributed by atoms with Gasteiger partial charge in [-0.3, -0.25) is 14.7 Å². The number of pyridine rings is 1. The van der Waals surface area contributed by atoms with E-state index in [-0.39, 0.29) is 18.3 Å². The van der Waals surface area contributed by atoms with E-state index in [2.05, 4.69) is 26.7 Å². The number of aliphatic carboxylic acids is 1. The number of hydrogen-bond acceptors (Lipinski definition) is 6. The molecule has 1 aromatic carbocycles. The van der Waals surface area contributed by atoms with Gasteiger partial charge in [0.05, 0.1) is 24.7 Å². The SMILES string of the molecule is COc1ccc2nccc(C(F)CC[C@@H]3CCN(CC#Cc4cscn4)C[C@@H]3CCC(=O)O)c2c1. The number of carbonyl (C=O) groups is 1. The van der Waals surface area contributed by atoms with Gasteiger partial charge in [0.25, 0.3) is 0 Å². The van der Waals surface area contributed by atoms with Gasteiger partial charge < -0.3 is 9.84 Å². The van der Waals surface area contributed by atoms with Crippen molar-refractivity contribution in [2.45, 2.75) is 38.3 Å². The summed E-state index contributed by atoms with van der Waals surface area (Å²) in [5.74, 6) is 6.65. The van der Waals surface area contributed by atoms with Crippen LogP contribution in [0.1, 0.15) is 49.5 Å². The predicted octanol–water partition coefficient (Wildman–Crippen LogP) is 5.35. The molecule has 0 radical (unpaired) electrons. The molecule has 0 saturated carbocycles. The number of fused-ring (bicyclic) bond motifs is 1. The Balaban J connectivity index is 1.39. The van der Waals surface area contributed by atoms with E-state index in [9.17, 15) is 9.90 Å². The average Bonchev–Trinajstić information content (AvgIpc) is 3.39. The molecule has 1 unspecified atom stereocenters. The summed E-state index contributed by atoms with van der Waals surface area (Å²) in [6, 6.07) is 7.26. The Morgan fingerprint density at radius 2 is 2.20 bits per heavy atom. The molecule has 184 valence electrons. The van der Waals surface area contributed by atoms with E-state index in [4.69, 9.17) is 4.74 Å². The quantitative estimate of drug-likeness (QED) is 0.404. The smallest absolute Gasteiger partial charge is 0.303 e. The summed E-state index contributed by atoms with van der Waals surface area (Å²) < 4.78 is 20.8. The highest BCUT2D eigenvalue weighted by Crippen LogP contribution is 2.36. The van der Waals surface area contributed by atoms with Gasteiger partial charge in [0, 0.05) is 29.9 Å². The van der Waals surface area contributed by atoms with E-state index in [1.165, 1.54) is 11.3 Å². The number of benzene rings is 1. The van der Waals surface area contributed by atoms with Crippen molar-refractivity contribution in [3.05, 3.63) is 52.6 Å². The lowest BCUT2D eigenvalue weighted by Crippen LogP contribution is -2.41. The third kappa shape index (κ3) is 6.77. The molecule has 0 amide bonds. The summed E-state index contributed by atoms with van der Waals surface area (Å²) >= 11 is 1.52. The summed E-state index contributed by atoms with van der Waals surface area (Å²) in [6.45, 7) is 2.30.